The Morgan fingerprint density at radius 3 is 2.32 bits per heavy atom. The van der Waals surface area contributed by atoms with Crippen LogP contribution in [0.1, 0.15) is 19.8 Å². The van der Waals surface area contributed by atoms with Crippen LogP contribution < -0.4 is 5.01 Å². The van der Waals surface area contributed by atoms with E-state index in [1.54, 1.807) is 27.5 Å². The second-order valence-corrected chi connectivity index (χ2v) is 7.39. The van der Waals surface area contributed by atoms with Gasteiger partial charge in [0.05, 0.1) is 0 Å². The molecule has 0 saturated carbocycles. The Kier molecular flexibility index (Phi) is 7.07. The lowest BCUT2D eigenvalue weighted by Gasteiger charge is -2.28. The van der Waals surface area contributed by atoms with Crippen molar-refractivity contribution in [3.63, 3.8) is 0 Å². The molecule has 0 bridgehead atoms. The molecule has 0 aliphatic heterocycles. The van der Waals surface area contributed by atoms with Crippen molar-refractivity contribution in [3.05, 3.63) is 18.7 Å². The minimum atomic E-state index is -2.44. The van der Waals surface area contributed by atoms with Crippen LogP contribution >= 0.6 is 0 Å². The average Bonchev–Trinajstić information content (AvgIpc) is 2.97. The summed E-state index contributed by atoms with van der Waals surface area (Å²) < 4.78 is 18.3. The number of hydrogen-bond donors (Lipinski definition) is 0. The molecule has 1 aromatic heterocycles. The van der Waals surface area contributed by atoms with Crippen LogP contribution in [0, 0.1) is 0 Å². The number of aromatic nitrogens is 2. The number of nitrogens with zero attached hydrogens (tertiary/aromatic N) is 3. The van der Waals surface area contributed by atoms with Gasteiger partial charge in [-0.25, -0.2) is 4.98 Å². The quantitative estimate of drug-likeness (QED) is 0.610. The third-order valence-corrected chi connectivity index (χ3v) is 5.96. The molecule has 6 nitrogen and oxygen atoms in total. The summed E-state index contributed by atoms with van der Waals surface area (Å²) in [6.45, 7) is 4.09. The molecule has 0 radical (unpaired) electrons. The Balaban J connectivity index is 2.48. The SMILES string of the molecule is CCCN(CCC[Si](OC)(OC)OC)n1ccnc1. The molecule has 0 N–H and O–H groups in total. The molecule has 0 fully saturated rings. The van der Waals surface area contributed by atoms with Gasteiger partial charge in [0.2, 0.25) is 0 Å². The first-order valence-electron chi connectivity index (χ1n) is 6.60. The first kappa shape index (κ1) is 16.2. The molecule has 0 unspecified atom stereocenters. The van der Waals surface area contributed by atoms with E-state index >= 15 is 0 Å². The van der Waals surface area contributed by atoms with E-state index in [9.17, 15) is 0 Å². The molecule has 1 rings (SSSR count). The molecular weight excluding hydrogens is 262 g/mol. The van der Waals surface area contributed by atoms with Gasteiger partial charge in [-0.1, -0.05) is 6.92 Å². The monoisotopic (exact) mass is 287 g/mol. The van der Waals surface area contributed by atoms with E-state index in [0.29, 0.717) is 0 Å². The largest absolute Gasteiger partial charge is 0.500 e. The van der Waals surface area contributed by atoms with Crippen LogP contribution in [0.25, 0.3) is 0 Å². The highest BCUT2D eigenvalue weighted by Crippen LogP contribution is 2.15. The van der Waals surface area contributed by atoms with Gasteiger partial charge in [0.1, 0.15) is 6.33 Å². The molecule has 0 spiro atoms. The maximum Gasteiger partial charge on any atom is 0.500 e. The van der Waals surface area contributed by atoms with Crippen LogP contribution in [0.5, 0.6) is 0 Å². The van der Waals surface area contributed by atoms with Gasteiger partial charge < -0.3 is 18.3 Å². The predicted molar refractivity (Wildman–Crippen MR) is 76.7 cm³/mol. The van der Waals surface area contributed by atoms with Crippen molar-refractivity contribution in [2.24, 2.45) is 0 Å². The molecule has 0 atom stereocenters. The fourth-order valence-electron chi connectivity index (χ4n) is 2.05. The van der Waals surface area contributed by atoms with Gasteiger partial charge in [-0.15, -0.1) is 0 Å². The Hall–Kier alpha value is -0.893. The number of hydrogen-bond acceptors (Lipinski definition) is 5. The second kappa shape index (κ2) is 8.31. The Morgan fingerprint density at radius 2 is 1.84 bits per heavy atom. The van der Waals surface area contributed by atoms with Gasteiger partial charge in [0.25, 0.3) is 0 Å². The van der Waals surface area contributed by atoms with Gasteiger partial charge in [-0.2, -0.15) is 0 Å². The molecule has 1 aromatic rings. The van der Waals surface area contributed by atoms with Crippen molar-refractivity contribution in [3.8, 4) is 0 Å². The molecule has 0 aromatic carbocycles. The van der Waals surface area contributed by atoms with E-state index in [4.69, 9.17) is 13.3 Å². The summed E-state index contributed by atoms with van der Waals surface area (Å²) in [6.07, 6.45) is 7.63. The van der Waals surface area contributed by atoms with Crippen LogP contribution in [0.4, 0.5) is 0 Å². The van der Waals surface area contributed by atoms with E-state index in [1.165, 1.54) is 0 Å². The van der Waals surface area contributed by atoms with Crippen LogP contribution in [-0.2, 0) is 13.3 Å². The Bertz CT molecular complexity index is 323. The zero-order valence-corrected chi connectivity index (χ0v) is 13.3. The minimum absolute atomic E-state index is 0.811. The first-order valence-corrected chi connectivity index (χ1v) is 8.53. The maximum atomic E-state index is 5.43. The Labute approximate surface area is 116 Å². The van der Waals surface area contributed by atoms with E-state index in [-0.39, 0.29) is 0 Å². The van der Waals surface area contributed by atoms with Gasteiger partial charge in [-0.3, -0.25) is 4.68 Å². The van der Waals surface area contributed by atoms with E-state index < -0.39 is 8.80 Å². The summed E-state index contributed by atoms with van der Waals surface area (Å²) in [5.41, 5.74) is 0. The van der Waals surface area contributed by atoms with Crippen molar-refractivity contribution in [1.82, 2.24) is 9.66 Å². The van der Waals surface area contributed by atoms with Crippen molar-refractivity contribution < 1.29 is 13.3 Å². The second-order valence-electron chi connectivity index (χ2n) is 4.30. The zero-order chi connectivity index (χ0) is 14.1. The van der Waals surface area contributed by atoms with Crippen molar-refractivity contribution in [2.75, 3.05) is 39.4 Å². The van der Waals surface area contributed by atoms with E-state index in [0.717, 1.165) is 32.0 Å². The van der Waals surface area contributed by atoms with Crippen LogP contribution in [0.3, 0.4) is 0 Å². The van der Waals surface area contributed by atoms with Gasteiger partial charge >= 0.3 is 8.80 Å². The fraction of sp³-hybridized carbons (Fsp3) is 0.750. The molecule has 0 aliphatic rings. The molecular formula is C12H25N3O3Si. The molecule has 0 saturated heterocycles. The average molecular weight is 287 g/mol. The molecule has 110 valence electrons. The minimum Gasteiger partial charge on any atom is -0.377 e. The summed E-state index contributed by atoms with van der Waals surface area (Å²) in [5.74, 6) is 0. The summed E-state index contributed by atoms with van der Waals surface area (Å²) >= 11 is 0. The molecule has 7 heteroatoms. The number of imidazole rings is 1. The number of rotatable bonds is 10. The predicted octanol–water partition coefficient (Wildman–Crippen LogP) is 1.50. The van der Waals surface area contributed by atoms with E-state index in [1.807, 2.05) is 17.2 Å². The normalized spacial score (nSPS) is 11.8. The summed E-state index contributed by atoms with van der Waals surface area (Å²) in [5, 5.41) is 2.26. The van der Waals surface area contributed by atoms with Crippen LogP contribution in [-0.4, -0.2) is 52.9 Å². The third-order valence-electron chi connectivity index (χ3n) is 3.13. The lowest BCUT2D eigenvalue weighted by molar-refractivity contribution is 0.123. The van der Waals surface area contributed by atoms with Crippen molar-refractivity contribution in [1.29, 1.82) is 0 Å². The molecule has 1 heterocycles. The fourth-order valence-corrected chi connectivity index (χ4v) is 3.76. The smallest absolute Gasteiger partial charge is 0.377 e. The van der Waals surface area contributed by atoms with Crippen LogP contribution in [0.2, 0.25) is 6.04 Å². The highest BCUT2D eigenvalue weighted by atomic mass is 28.4. The van der Waals surface area contributed by atoms with Gasteiger partial charge in [-0.05, 0) is 12.8 Å². The van der Waals surface area contributed by atoms with Crippen molar-refractivity contribution >= 4 is 8.80 Å². The standard InChI is InChI=1S/C12H25N3O3Si/c1-5-8-14(15-10-7-13-12-15)9-6-11-19(16-2,17-3)18-4/h7,10,12H,5-6,8-9,11H2,1-4H3. The molecule has 19 heavy (non-hydrogen) atoms. The summed E-state index contributed by atoms with van der Waals surface area (Å²) in [4.78, 5) is 4.09. The van der Waals surface area contributed by atoms with Gasteiger partial charge in [0.15, 0.2) is 0 Å². The van der Waals surface area contributed by atoms with Crippen molar-refractivity contribution in [2.45, 2.75) is 25.8 Å². The first-order chi connectivity index (χ1) is 9.21. The Morgan fingerprint density at radius 1 is 1.16 bits per heavy atom. The maximum absolute atomic E-state index is 5.43. The molecule has 0 aliphatic carbocycles. The molecule has 0 amide bonds. The highest BCUT2D eigenvalue weighted by Gasteiger charge is 2.37. The van der Waals surface area contributed by atoms with Crippen LogP contribution in [0.15, 0.2) is 18.7 Å². The lowest BCUT2D eigenvalue weighted by atomic mass is 10.4. The summed E-state index contributed by atoms with van der Waals surface area (Å²) in [6, 6.07) is 0.811. The topological polar surface area (TPSA) is 48.8 Å². The van der Waals surface area contributed by atoms with Gasteiger partial charge in [0, 0.05) is 52.9 Å². The zero-order valence-electron chi connectivity index (χ0n) is 12.3. The third kappa shape index (κ3) is 4.61. The lowest BCUT2D eigenvalue weighted by Crippen LogP contribution is -2.44. The summed E-state index contributed by atoms with van der Waals surface area (Å²) in [7, 11) is 2.51. The van der Waals surface area contributed by atoms with E-state index in [2.05, 4.69) is 16.9 Å². The highest BCUT2D eigenvalue weighted by molar-refractivity contribution is 6.60.